The fourth-order valence-electron chi connectivity index (χ4n) is 3.52. The number of pyridine rings is 1. The van der Waals surface area contributed by atoms with E-state index >= 15 is 0 Å². The van der Waals surface area contributed by atoms with Crippen LogP contribution in [0.5, 0.6) is 11.6 Å². The Hall–Kier alpha value is -3.99. The highest BCUT2D eigenvalue weighted by Gasteiger charge is 2.21. The molecule has 1 amide bonds. The third-order valence-corrected chi connectivity index (χ3v) is 5.11. The van der Waals surface area contributed by atoms with Gasteiger partial charge in [0.25, 0.3) is 11.5 Å². The molecule has 2 heterocycles. The molecule has 0 radical (unpaired) electrons. The van der Waals surface area contributed by atoms with Gasteiger partial charge in [-0.15, -0.1) is 0 Å². The molecule has 31 heavy (non-hydrogen) atoms. The topological polar surface area (TPSA) is 96.5 Å². The van der Waals surface area contributed by atoms with Crippen molar-refractivity contribution in [3.8, 4) is 17.7 Å². The highest BCUT2D eigenvalue weighted by atomic mass is 19.1. The number of halogens is 1. The lowest BCUT2D eigenvalue weighted by Gasteiger charge is -2.12. The number of nitriles is 1. The number of aromatic nitrogens is 2. The minimum absolute atomic E-state index is 0.0232. The van der Waals surface area contributed by atoms with Crippen LogP contribution in [-0.2, 0) is 4.79 Å². The summed E-state index contributed by atoms with van der Waals surface area (Å²) < 4.78 is 20.3. The van der Waals surface area contributed by atoms with Gasteiger partial charge in [-0.05, 0) is 55.3 Å². The molecule has 0 atom stereocenters. The lowest BCUT2D eigenvalue weighted by molar-refractivity contribution is -0.117. The standard InChI is InChI=1S/C23H19FN4O3/c24-16-8-10-18(11-9-16)31-22-19(23(30)28-12-4-3-7-20(28)27-22)13-15(14-25)21(29)26-17-5-1-2-6-17/h3-4,7-13,17H,1-2,5-6H2,(H,26,29)/b15-13+. The Kier molecular flexibility index (Phi) is 5.76. The maximum Gasteiger partial charge on any atom is 0.269 e. The zero-order valence-electron chi connectivity index (χ0n) is 16.5. The summed E-state index contributed by atoms with van der Waals surface area (Å²) in [6.07, 6.45) is 6.52. The second-order valence-electron chi connectivity index (χ2n) is 7.25. The molecule has 1 aromatic carbocycles. The summed E-state index contributed by atoms with van der Waals surface area (Å²) >= 11 is 0. The molecule has 0 aliphatic heterocycles. The van der Waals surface area contributed by atoms with Gasteiger partial charge in [0.15, 0.2) is 0 Å². The van der Waals surface area contributed by atoms with Crippen LogP contribution in [0.1, 0.15) is 31.2 Å². The summed E-state index contributed by atoms with van der Waals surface area (Å²) in [6, 6.07) is 12.1. The Labute approximate surface area is 177 Å². The van der Waals surface area contributed by atoms with Crippen LogP contribution in [0.3, 0.4) is 0 Å². The average molecular weight is 418 g/mol. The Bertz CT molecular complexity index is 1250. The van der Waals surface area contributed by atoms with Crippen molar-refractivity contribution in [3.05, 3.63) is 76.0 Å². The third kappa shape index (κ3) is 4.46. The van der Waals surface area contributed by atoms with Gasteiger partial charge in [0.05, 0.1) is 0 Å². The van der Waals surface area contributed by atoms with E-state index < -0.39 is 17.3 Å². The number of fused-ring (bicyclic) bond motifs is 1. The first-order chi connectivity index (χ1) is 15.0. The SMILES string of the molecule is N#C/C(=C\c1c(Oc2ccc(F)cc2)nc2ccccn2c1=O)C(=O)NC1CCCC1. The summed E-state index contributed by atoms with van der Waals surface area (Å²) in [6.45, 7) is 0. The number of nitrogens with zero attached hydrogens (tertiary/aromatic N) is 3. The van der Waals surface area contributed by atoms with Crippen LogP contribution in [0, 0.1) is 17.1 Å². The van der Waals surface area contributed by atoms with Gasteiger partial charge >= 0.3 is 0 Å². The van der Waals surface area contributed by atoms with Gasteiger partial charge in [-0.2, -0.15) is 10.2 Å². The molecule has 1 fully saturated rings. The van der Waals surface area contributed by atoms with E-state index in [9.17, 15) is 19.2 Å². The van der Waals surface area contributed by atoms with Crippen LogP contribution >= 0.6 is 0 Å². The van der Waals surface area contributed by atoms with Crippen LogP contribution < -0.4 is 15.6 Å². The first-order valence-electron chi connectivity index (χ1n) is 9.92. The van der Waals surface area contributed by atoms with Crippen molar-refractivity contribution in [2.45, 2.75) is 31.7 Å². The van der Waals surface area contributed by atoms with Crippen molar-refractivity contribution in [2.24, 2.45) is 0 Å². The number of carbonyl (C=O) groups is 1. The van der Waals surface area contributed by atoms with Gasteiger partial charge in [-0.3, -0.25) is 14.0 Å². The smallest absolute Gasteiger partial charge is 0.269 e. The van der Waals surface area contributed by atoms with E-state index in [1.807, 2.05) is 6.07 Å². The highest BCUT2D eigenvalue weighted by molar-refractivity contribution is 6.02. The van der Waals surface area contributed by atoms with Gasteiger partial charge in [-0.25, -0.2) is 4.39 Å². The molecule has 3 aromatic rings. The molecule has 0 bridgehead atoms. The summed E-state index contributed by atoms with van der Waals surface area (Å²) in [5.74, 6) is -0.796. The molecule has 7 nitrogen and oxygen atoms in total. The maximum absolute atomic E-state index is 13.2. The van der Waals surface area contributed by atoms with E-state index in [1.165, 1.54) is 40.9 Å². The second kappa shape index (κ2) is 8.79. The molecule has 0 saturated heterocycles. The summed E-state index contributed by atoms with van der Waals surface area (Å²) in [5.41, 5.74) is -0.434. The van der Waals surface area contributed by atoms with Crippen LogP contribution in [0.15, 0.2) is 59.0 Å². The number of ether oxygens (including phenoxy) is 1. The zero-order chi connectivity index (χ0) is 21.8. The molecule has 1 N–H and O–H groups in total. The molecule has 1 saturated carbocycles. The number of hydrogen-bond donors (Lipinski definition) is 1. The van der Waals surface area contributed by atoms with E-state index in [0.29, 0.717) is 5.65 Å². The van der Waals surface area contributed by atoms with Crippen molar-refractivity contribution < 1.29 is 13.9 Å². The minimum atomic E-state index is -0.542. The first kappa shape index (κ1) is 20.3. The van der Waals surface area contributed by atoms with Crippen molar-refractivity contribution in [3.63, 3.8) is 0 Å². The Balaban J connectivity index is 1.78. The largest absolute Gasteiger partial charge is 0.438 e. The molecule has 4 rings (SSSR count). The van der Waals surface area contributed by atoms with Gasteiger partial charge in [-0.1, -0.05) is 18.9 Å². The predicted molar refractivity (Wildman–Crippen MR) is 112 cm³/mol. The Morgan fingerprint density at radius 3 is 2.68 bits per heavy atom. The van der Waals surface area contributed by atoms with Crippen LogP contribution in [0.2, 0.25) is 0 Å². The third-order valence-electron chi connectivity index (χ3n) is 5.11. The van der Waals surface area contributed by atoms with Crippen molar-refractivity contribution in [1.82, 2.24) is 14.7 Å². The number of hydrogen-bond acceptors (Lipinski definition) is 5. The molecule has 156 valence electrons. The molecule has 0 spiro atoms. The predicted octanol–water partition coefficient (Wildman–Crippen LogP) is 3.59. The number of amides is 1. The fourth-order valence-corrected chi connectivity index (χ4v) is 3.52. The lowest BCUT2D eigenvalue weighted by atomic mass is 10.1. The normalized spacial score (nSPS) is 14.4. The van der Waals surface area contributed by atoms with Crippen LogP contribution in [0.25, 0.3) is 11.7 Å². The van der Waals surface area contributed by atoms with Crippen molar-refractivity contribution >= 4 is 17.6 Å². The first-order valence-corrected chi connectivity index (χ1v) is 9.92. The summed E-state index contributed by atoms with van der Waals surface area (Å²) in [5, 5.41) is 12.4. The van der Waals surface area contributed by atoms with Crippen LogP contribution in [0.4, 0.5) is 4.39 Å². The lowest BCUT2D eigenvalue weighted by Crippen LogP contribution is -2.33. The maximum atomic E-state index is 13.2. The van der Waals surface area contributed by atoms with Crippen LogP contribution in [-0.4, -0.2) is 21.3 Å². The molecule has 1 aliphatic rings. The minimum Gasteiger partial charge on any atom is -0.438 e. The van der Waals surface area contributed by atoms with E-state index in [0.717, 1.165) is 25.7 Å². The number of rotatable bonds is 5. The van der Waals surface area contributed by atoms with Gasteiger partial charge in [0.1, 0.15) is 34.4 Å². The van der Waals surface area contributed by atoms with Crippen molar-refractivity contribution in [2.75, 3.05) is 0 Å². The zero-order valence-corrected chi connectivity index (χ0v) is 16.5. The van der Waals surface area contributed by atoms with Gasteiger partial charge in [0, 0.05) is 12.2 Å². The van der Waals surface area contributed by atoms with E-state index in [1.54, 1.807) is 18.2 Å². The quantitative estimate of drug-likeness (QED) is 0.505. The van der Waals surface area contributed by atoms with E-state index in [-0.39, 0.29) is 28.8 Å². The fraction of sp³-hybridized carbons (Fsp3) is 0.217. The number of benzene rings is 1. The molecule has 8 heteroatoms. The summed E-state index contributed by atoms with van der Waals surface area (Å²) in [7, 11) is 0. The average Bonchev–Trinajstić information content (AvgIpc) is 3.28. The van der Waals surface area contributed by atoms with Gasteiger partial charge in [0.2, 0.25) is 5.88 Å². The molecular formula is C23H19FN4O3. The second-order valence-corrected chi connectivity index (χ2v) is 7.25. The van der Waals surface area contributed by atoms with Crippen molar-refractivity contribution in [1.29, 1.82) is 5.26 Å². The summed E-state index contributed by atoms with van der Waals surface area (Å²) in [4.78, 5) is 30.1. The molecule has 1 aliphatic carbocycles. The number of nitrogens with one attached hydrogen (secondary N) is 1. The molecular weight excluding hydrogens is 399 g/mol. The highest BCUT2D eigenvalue weighted by Crippen LogP contribution is 2.24. The number of carbonyl (C=O) groups excluding carboxylic acids is 1. The van der Waals surface area contributed by atoms with Gasteiger partial charge < -0.3 is 10.1 Å². The Morgan fingerprint density at radius 1 is 1.23 bits per heavy atom. The van der Waals surface area contributed by atoms with E-state index in [4.69, 9.17) is 4.74 Å². The molecule has 0 unspecified atom stereocenters. The molecule has 2 aromatic heterocycles. The monoisotopic (exact) mass is 418 g/mol. The Morgan fingerprint density at radius 2 is 1.97 bits per heavy atom. The van der Waals surface area contributed by atoms with E-state index in [2.05, 4.69) is 10.3 Å².